The summed E-state index contributed by atoms with van der Waals surface area (Å²) in [5, 5.41) is 2.66. The van der Waals surface area contributed by atoms with Crippen LogP contribution >= 0.6 is 15.9 Å². The van der Waals surface area contributed by atoms with Gasteiger partial charge >= 0.3 is 24.1 Å². The number of hydrogen-bond acceptors (Lipinski definition) is 9. The third-order valence-electron chi connectivity index (χ3n) is 9.27. The summed E-state index contributed by atoms with van der Waals surface area (Å²) in [7, 11) is 0.0746. The molecule has 1 fully saturated rings. The van der Waals surface area contributed by atoms with Gasteiger partial charge in [-0.25, -0.2) is 19.2 Å². The highest BCUT2D eigenvalue weighted by Gasteiger charge is 2.45. The zero-order valence-electron chi connectivity index (χ0n) is 34.9. The molecule has 0 aromatic heterocycles. The zero-order valence-corrected chi connectivity index (χ0v) is 38.5. The van der Waals surface area contributed by atoms with E-state index in [9.17, 15) is 24.0 Å². The Morgan fingerprint density at radius 2 is 1.50 bits per heavy atom. The predicted octanol–water partition coefficient (Wildman–Crippen LogP) is 7.52. The first-order chi connectivity index (χ1) is 24.8. The first kappa shape index (κ1) is 47.2. The van der Waals surface area contributed by atoms with Gasteiger partial charge in [-0.05, 0) is 81.3 Å². The second-order valence-electron chi connectivity index (χ2n) is 18.1. The third-order valence-corrected chi connectivity index (χ3v) is 13.1. The van der Waals surface area contributed by atoms with Gasteiger partial charge < -0.3 is 34.1 Å². The summed E-state index contributed by atoms with van der Waals surface area (Å²) in [6.07, 6.45) is 0.344. The van der Waals surface area contributed by atoms with Crippen molar-refractivity contribution in [2.75, 3.05) is 33.9 Å². The summed E-state index contributed by atoms with van der Waals surface area (Å²) < 4.78 is 22.6. The molecule has 4 atom stereocenters. The topological polar surface area (TPSA) is 141 Å². The number of aryl methyl sites for hydroxylation is 1. The van der Waals surface area contributed by atoms with Crippen molar-refractivity contribution in [3.05, 3.63) is 33.8 Å². The number of ether oxygens (including phenoxy) is 4. The molecule has 1 heterocycles. The molecule has 1 aromatic carbocycles. The van der Waals surface area contributed by atoms with E-state index in [4.69, 9.17) is 18.9 Å². The SMILES string of the molecule is COC(=O)[C@H](Cc1cc(Br)cc(CC[C@@H]2[C@@H](C(=O)N(C)[C@H](C(=O)OCC[Si](C)(C)C)C(C)C)CCN2C(=O)OC(C)(C)C)c1)NC(=O)OCC[Si](C)(C)C. The van der Waals surface area contributed by atoms with Gasteiger partial charge in [-0.1, -0.05) is 75.1 Å². The average Bonchev–Trinajstić information content (AvgIpc) is 3.44. The van der Waals surface area contributed by atoms with Crippen molar-refractivity contribution in [3.63, 3.8) is 0 Å². The lowest BCUT2D eigenvalue weighted by Crippen LogP contribution is -2.51. The number of rotatable bonds is 17. The summed E-state index contributed by atoms with van der Waals surface area (Å²) >= 11 is 3.60. The van der Waals surface area contributed by atoms with E-state index in [0.717, 1.165) is 27.7 Å². The van der Waals surface area contributed by atoms with Crippen molar-refractivity contribution in [2.24, 2.45) is 11.8 Å². The summed E-state index contributed by atoms with van der Waals surface area (Å²) in [4.78, 5) is 69.6. The van der Waals surface area contributed by atoms with E-state index in [1.807, 2.05) is 32.0 Å². The lowest BCUT2D eigenvalue weighted by atomic mass is 9.91. The van der Waals surface area contributed by atoms with Crippen molar-refractivity contribution in [2.45, 2.75) is 135 Å². The molecule has 1 N–H and O–H groups in total. The van der Waals surface area contributed by atoms with Gasteiger partial charge in [0.2, 0.25) is 5.91 Å². The van der Waals surface area contributed by atoms with Crippen LogP contribution in [0.1, 0.15) is 58.6 Å². The Morgan fingerprint density at radius 1 is 0.926 bits per heavy atom. The number of methoxy groups -OCH3 is 1. The van der Waals surface area contributed by atoms with Gasteiger partial charge in [0.25, 0.3) is 0 Å². The van der Waals surface area contributed by atoms with Crippen LogP contribution in [0, 0.1) is 11.8 Å². The fourth-order valence-electron chi connectivity index (χ4n) is 6.36. The first-order valence-electron chi connectivity index (χ1n) is 19.0. The van der Waals surface area contributed by atoms with Gasteiger partial charge in [0, 0.05) is 46.7 Å². The summed E-state index contributed by atoms with van der Waals surface area (Å²) in [5.74, 6) is -1.98. The second-order valence-corrected chi connectivity index (χ2v) is 30.3. The second kappa shape index (κ2) is 20.3. The number of benzene rings is 1. The molecular formula is C39H66BrN3O9Si2. The smallest absolute Gasteiger partial charge is 0.410 e. The molecule has 15 heteroatoms. The average molecular weight is 857 g/mol. The van der Waals surface area contributed by atoms with Crippen LogP contribution in [0.2, 0.25) is 51.4 Å². The minimum atomic E-state index is -1.43. The van der Waals surface area contributed by atoms with E-state index in [1.54, 1.807) is 32.7 Å². The van der Waals surface area contributed by atoms with Gasteiger partial charge in [-0.3, -0.25) is 4.79 Å². The van der Waals surface area contributed by atoms with E-state index in [2.05, 4.69) is 60.5 Å². The molecule has 12 nitrogen and oxygen atoms in total. The predicted molar refractivity (Wildman–Crippen MR) is 220 cm³/mol. The van der Waals surface area contributed by atoms with E-state index >= 15 is 0 Å². The number of nitrogens with one attached hydrogen (secondary N) is 1. The molecular weight excluding hydrogens is 791 g/mol. The molecule has 306 valence electrons. The number of likely N-dealkylation sites (tertiary alicyclic amines) is 1. The number of esters is 2. The van der Waals surface area contributed by atoms with Crippen molar-refractivity contribution in [3.8, 4) is 0 Å². The number of hydrogen-bond donors (Lipinski definition) is 1. The van der Waals surface area contributed by atoms with E-state index in [0.29, 0.717) is 32.4 Å². The highest BCUT2D eigenvalue weighted by atomic mass is 79.9. The van der Waals surface area contributed by atoms with Crippen molar-refractivity contribution in [1.29, 1.82) is 0 Å². The maximum absolute atomic E-state index is 14.3. The highest BCUT2D eigenvalue weighted by Crippen LogP contribution is 2.33. The molecule has 0 radical (unpaired) electrons. The van der Waals surface area contributed by atoms with Gasteiger partial charge in [0.15, 0.2) is 0 Å². The number of halogens is 1. The Balaban J connectivity index is 2.32. The molecule has 54 heavy (non-hydrogen) atoms. The van der Waals surface area contributed by atoms with E-state index in [1.165, 1.54) is 12.0 Å². The van der Waals surface area contributed by atoms with Gasteiger partial charge in [-0.15, -0.1) is 0 Å². The number of alkyl carbamates (subject to hydrolysis) is 1. The first-order valence-corrected chi connectivity index (χ1v) is 27.2. The van der Waals surface area contributed by atoms with Crippen LogP contribution in [0.4, 0.5) is 9.59 Å². The van der Waals surface area contributed by atoms with Crippen LogP contribution in [0.25, 0.3) is 0 Å². The minimum Gasteiger partial charge on any atom is -0.467 e. The quantitative estimate of drug-likeness (QED) is 0.0958. The van der Waals surface area contributed by atoms with Crippen LogP contribution in [0.5, 0.6) is 0 Å². The minimum absolute atomic E-state index is 0.159. The summed E-state index contributed by atoms with van der Waals surface area (Å²) in [6.45, 7) is 23.4. The largest absolute Gasteiger partial charge is 0.467 e. The van der Waals surface area contributed by atoms with Crippen LogP contribution in [-0.4, -0.2) is 114 Å². The van der Waals surface area contributed by atoms with Gasteiger partial charge in [0.1, 0.15) is 17.7 Å². The Labute approximate surface area is 333 Å². The van der Waals surface area contributed by atoms with Crippen molar-refractivity contribution in [1.82, 2.24) is 15.1 Å². The molecule has 1 aromatic rings. The lowest BCUT2D eigenvalue weighted by Gasteiger charge is -2.34. The Hall–Kier alpha value is -2.92. The Morgan fingerprint density at radius 3 is 2.04 bits per heavy atom. The zero-order chi connectivity index (χ0) is 41.2. The Kier molecular flexibility index (Phi) is 17.8. The fraction of sp³-hybridized carbons (Fsp3) is 0.718. The molecule has 3 amide bonds. The van der Waals surface area contributed by atoms with Crippen molar-refractivity contribution < 1.29 is 42.9 Å². The maximum Gasteiger partial charge on any atom is 0.410 e. The molecule has 1 aliphatic heterocycles. The summed E-state index contributed by atoms with van der Waals surface area (Å²) in [5.41, 5.74) is 0.947. The van der Waals surface area contributed by atoms with Crippen LogP contribution < -0.4 is 5.32 Å². The molecule has 0 spiro atoms. The molecule has 0 bridgehead atoms. The maximum atomic E-state index is 14.3. The number of carbonyl (C=O) groups is 5. The molecule has 0 saturated carbocycles. The lowest BCUT2D eigenvalue weighted by molar-refractivity contribution is -0.157. The molecule has 0 aliphatic carbocycles. The number of carbonyl (C=O) groups excluding carboxylic acids is 5. The van der Waals surface area contributed by atoms with Gasteiger partial charge in [-0.2, -0.15) is 0 Å². The number of likely N-dealkylation sites (N-methyl/N-ethyl adjacent to an activating group) is 1. The normalized spacial score (nSPS) is 17.4. The van der Waals surface area contributed by atoms with Crippen LogP contribution in [0.15, 0.2) is 22.7 Å². The van der Waals surface area contributed by atoms with Gasteiger partial charge in [0.05, 0.1) is 26.2 Å². The monoisotopic (exact) mass is 855 g/mol. The van der Waals surface area contributed by atoms with Crippen LogP contribution in [-0.2, 0) is 46.2 Å². The highest BCUT2D eigenvalue weighted by molar-refractivity contribution is 9.10. The number of amides is 3. The van der Waals surface area contributed by atoms with Crippen molar-refractivity contribution >= 4 is 62.1 Å². The molecule has 1 saturated heterocycles. The molecule has 1 aliphatic rings. The standard InChI is InChI=1S/C39H66BrN3O9Si2/c1-26(2)33(36(46)50-18-20-53(8,9)10)42(6)34(44)30-16-17-43(38(48)52-39(3,4)5)32(30)15-14-27-22-28(24-29(40)23-27)25-31(35(45)49-7)41-37(47)51-19-21-54(11,12)13/h22-24,26,30-33H,14-21,25H2,1-13H3,(H,41,47)/t30-,31-,32+,33-/m0/s1. The number of nitrogens with zero attached hydrogens (tertiary/aromatic N) is 2. The summed E-state index contributed by atoms with van der Waals surface area (Å²) in [6, 6.07) is 5.17. The molecule has 0 unspecified atom stereocenters. The van der Waals surface area contributed by atoms with E-state index in [-0.39, 0.29) is 24.9 Å². The third kappa shape index (κ3) is 16.1. The Bertz CT molecular complexity index is 1460. The fourth-order valence-corrected chi connectivity index (χ4v) is 8.38. The van der Waals surface area contributed by atoms with Crippen LogP contribution in [0.3, 0.4) is 0 Å². The van der Waals surface area contributed by atoms with E-state index < -0.39 is 69.9 Å². The molecule has 2 rings (SSSR count).